The largest absolute Gasteiger partial charge is 0.325 e. The lowest BCUT2D eigenvalue weighted by atomic mass is 10.2. The number of fused-ring (bicyclic) bond motifs is 1. The summed E-state index contributed by atoms with van der Waals surface area (Å²) >= 11 is 2.62. The zero-order valence-electron chi connectivity index (χ0n) is 16.7. The quantitative estimate of drug-likeness (QED) is 0.192. The summed E-state index contributed by atoms with van der Waals surface area (Å²) in [7, 11) is 0. The maximum absolute atomic E-state index is 13.0. The van der Waals surface area contributed by atoms with Crippen LogP contribution in [0.25, 0.3) is 10.2 Å². The Morgan fingerprint density at radius 3 is 2.77 bits per heavy atom. The molecule has 30 heavy (non-hydrogen) atoms. The average molecular weight is 445 g/mol. The molecule has 0 saturated heterocycles. The molecule has 0 aliphatic heterocycles. The van der Waals surface area contributed by atoms with Gasteiger partial charge < -0.3 is 5.32 Å². The van der Waals surface area contributed by atoms with Crippen LogP contribution in [0.5, 0.6) is 0 Å². The van der Waals surface area contributed by atoms with Crippen LogP contribution < -0.4 is 10.9 Å². The molecule has 0 aliphatic rings. The lowest BCUT2D eigenvalue weighted by Gasteiger charge is -2.11. The second-order valence-electron chi connectivity index (χ2n) is 6.66. The van der Waals surface area contributed by atoms with E-state index in [4.69, 9.17) is 0 Å². The Morgan fingerprint density at radius 1 is 1.40 bits per heavy atom. The van der Waals surface area contributed by atoms with Crippen molar-refractivity contribution in [2.24, 2.45) is 0 Å². The molecular formula is C20H20N4O4S2. The van der Waals surface area contributed by atoms with E-state index in [2.05, 4.69) is 16.9 Å². The molecule has 8 nitrogen and oxygen atoms in total. The molecule has 1 amide bonds. The summed E-state index contributed by atoms with van der Waals surface area (Å²) in [5, 5.41) is 14.7. The lowest BCUT2D eigenvalue weighted by molar-refractivity contribution is -0.384. The number of nitro benzene ring substituents is 1. The van der Waals surface area contributed by atoms with Gasteiger partial charge in [-0.25, -0.2) is 4.98 Å². The second-order valence-corrected chi connectivity index (χ2v) is 8.80. The first kappa shape index (κ1) is 21.7. The SMILES string of the molecule is C=CCn1c(SCC(=O)Nc2ccc([N+](=O)[O-])cc2C)nc2sc(C)c(C)c2c1=O. The van der Waals surface area contributed by atoms with Crippen molar-refractivity contribution in [3.8, 4) is 0 Å². The summed E-state index contributed by atoms with van der Waals surface area (Å²) in [4.78, 5) is 42.1. The van der Waals surface area contributed by atoms with Crippen LogP contribution in [0.1, 0.15) is 16.0 Å². The molecule has 0 spiro atoms. The van der Waals surface area contributed by atoms with Gasteiger partial charge in [0.2, 0.25) is 5.91 Å². The summed E-state index contributed by atoms with van der Waals surface area (Å²) in [5.74, 6) is -0.260. The van der Waals surface area contributed by atoms with Crippen LogP contribution in [0.4, 0.5) is 11.4 Å². The van der Waals surface area contributed by atoms with Crippen molar-refractivity contribution in [3.63, 3.8) is 0 Å². The molecule has 3 rings (SSSR count). The number of amides is 1. The van der Waals surface area contributed by atoms with Gasteiger partial charge in [-0.1, -0.05) is 17.8 Å². The number of aromatic nitrogens is 2. The summed E-state index contributed by atoms with van der Waals surface area (Å²) in [6.45, 7) is 9.54. The maximum atomic E-state index is 13.0. The first-order valence-electron chi connectivity index (χ1n) is 9.02. The van der Waals surface area contributed by atoms with Crippen molar-refractivity contribution in [1.29, 1.82) is 0 Å². The zero-order chi connectivity index (χ0) is 22.0. The minimum Gasteiger partial charge on any atom is -0.325 e. The normalized spacial score (nSPS) is 10.9. The molecule has 1 N–H and O–H groups in total. The van der Waals surface area contributed by atoms with Crippen LogP contribution in [-0.2, 0) is 11.3 Å². The monoisotopic (exact) mass is 444 g/mol. The van der Waals surface area contributed by atoms with Crippen molar-refractivity contribution < 1.29 is 9.72 Å². The smallest absolute Gasteiger partial charge is 0.269 e. The molecule has 1 aromatic carbocycles. The third kappa shape index (κ3) is 4.29. The predicted octanol–water partition coefficient (Wildman–Crippen LogP) is 4.21. The second kappa shape index (κ2) is 8.80. The molecule has 0 radical (unpaired) electrons. The third-order valence-corrected chi connectivity index (χ3v) is 6.67. The van der Waals surface area contributed by atoms with Gasteiger partial charge in [-0.2, -0.15) is 0 Å². The van der Waals surface area contributed by atoms with Gasteiger partial charge in [0.15, 0.2) is 5.16 Å². The minimum absolute atomic E-state index is 0.0349. The van der Waals surface area contributed by atoms with Crippen LogP contribution >= 0.6 is 23.1 Å². The molecule has 2 aromatic heterocycles. The Morgan fingerprint density at radius 2 is 2.13 bits per heavy atom. The van der Waals surface area contributed by atoms with E-state index >= 15 is 0 Å². The molecule has 0 atom stereocenters. The fraction of sp³-hybridized carbons (Fsp3) is 0.250. The van der Waals surface area contributed by atoms with Gasteiger partial charge in [0.1, 0.15) is 4.83 Å². The number of thioether (sulfide) groups is 1. The summed E-state index contributed by atoms with van der Waals surface area (Å²) in [5.41, 5.74) is 1.84. The van der Waals surface area contributed by atoms with Crippen LogP contribution in [-0.4, -0.2) is 26.1 Å². The van der Waals surface area contributed by atoms with E-state index in [1.165, 1.54) is 34.1 Å². The number of carbonyl (C=O) groups is 1. The predicted molar refractivity (Wildman–Crippen MR) is 121 cm³/mol. The molecule has 10 heteroatoms. The fourth-order valence-corrected chi connectivity index (χ4v) is 4.81. The van der Waals surface area contributed by atoms with Crippen LogP contribution in [0.2, 0.25) is 0 Å². The van der Waals surface area contributed by atoms with Crippen molar-refractivity contribution in [2.45, 2.75) is 32.5 Å². The highest BCUT2D eigenvalue weighted by molar-refractivity contribution is 7.99. The highest BCUT2D eigenvalue weighted by Crippen LogP contribution is 2.28. The van der Waals surface area contributed by atoms with Crippen molar-refractivity contribution >= 4 is 50.6 Å². The Labute approximate surface area is 180 Å². The third-order valence-electron chi connectivity index (χ3n) is 4.59. The lowest BCUT2D eigenvalue weighted by Crippen LogP contribution is -2.23. The number of carbonyl (C=O) groups excluding carboxylic acids is 1. The van der Waals surface area contributed by atoms with Crippen LogP contribution in [0, 0.1) is 30.9 Å². The van der Waals surface area contributed by atoms with Gasteiger partial charge in [-0.15, -0.1) is 17.9 Å². The molecule has 156 valence electrons. The van der Waals surface area contributed by atoms with Gasteiger partial charge in [-0.3, -0.25) is 24.3 Å². The van der Waals surface area contributed by atoms with E-state index in [0.29, 0.717) is 33.2 Å². The van der Waals surface area contributed by atoms with Gasteiger partial charge in [0.25, 0.3) is 11.2 Å². The summed E-state index contributed by atoms with van der Waals surface area (Å²) in [6, 6.07) is 4.25. The van der Waals surface area contributed by atoms with E-state index in [1.807, 2.05) is 13.8 Å². The number of aryl methyl sites for hydroxylation is 3. The van der Waals surface area contributed by atoms with E-state index in [1.54, 1.807) is 13.0 Å². The molecule has 0 bridgehead atoms. The van der Waals surface area contributed by atoms with E-state index in [-0.39, 0.29) is 22.9 Å². The number of rotatable bonds is 7. The number of nitrogens with one attached hydrogen (secondary N) is 1. The van der Waals surface area contributed by atoms with Gasteiger partial charge in [-0.05, 0) is 38.0 Å². The van der Waals surface area contributed by atoms with E-state index in [9.17, 15) is 19.7 Å². The summed E-state index contributed by atoms with van der Waals surface area (Å²) < 4.78 is 1.52. The fourth-order valence-electron chi connectivity index (χ4n) is 2.93. The number of hydrogen-bond donors (Lipinski definition) is 1. The molecular weight excluding hydrogens is 424 g/mol. The maximum Gasteiger partial charge on any atom is 0.269 e. The van der Waals surface area contributed by atoms with Crippen molar-refractivity contribution in [2.75, 3.05) is 11.1 Å². The Kier molecular flexibility index (Phi) is 6.37. The number of nitro groups is 1. The van der Waals surface area contributed by atoms with Gasteiger partial charge in [0, 0.05) is 29.2 Å². The topological polar surface area (TPSA) is 107 Å². The Balaban J connectivity index is 1.82. The van der Waals surface area contributed by atoms with Gasteiger partial charge >= 0.3 is 0 Å². The van der Waals surface area contributed by atoms with Crippen molar-refractivity contribution in [3.05, 3.63) is 67.3 Å². The molecule has 3 aromatic rings. The molecule has 0 aliphatic carbocycles. The van der Waals surface area contributed by atoms with Gasteiger partial charge in [0.05, 0.1) is 16.1 Å². The van der Waals surface area contributed by atoms with Crippen molar-refractivity contribution in [1.82, 2.24) is 9.55 Å². The van der Waals surface area contributed by atoms with E-state index in [0.717, 1.165) is 22.2 Å². The number of non-ortho nitro benzene ring substituents is 1. The highest BCUT2D eigenvalue weighted by atomic mass is 32.2. The zero-order valence-corrected chi connectivity index (χ0v) is 18.4. The minimum atomic E-state index is -0.483. The molecule has 0 unspecified atom stereocenters. The number of anilines is 1. The number of thiophene rings is 1. The first-order chi connectivity index (χ1) is 14.2. The Hall–Kier alpha value is -2.98. The average Bonchev–Trinajstić information content (AvgIpc) is 2.98. The number of hydrogen-bond acceptors (Lipinski definition) is 7. The molecule has 2 heterocycles. The molecule has 0 fully saturated rings. The number of benzene rings is 1. The van der Waals surface area contributed by atoms with Crippen LogP contribution in [0.3, 0.4) is 0 Å². The number of nitrogens with zero attached hydrogens (tertiary/aromatic N) is 3. The standard InChI is InChI=1S/C20H20N4O4S2/c1-5-8-23-19(26)17-12(3)13(4)30-18(17)22-20(23)29-10-16(25)21-15-7-6-14(24(27)28)9-11(15)2/h5-7,9H,1,8,10H2,2-4H3,(H,21,25). The van der Waals surface area contributed by atoms with E-state index < -0.39 is 4.92 Å². The molecule has 0 saturated carbocycles. The highest BCUT2D eigenvalue weighted by Gasteiger charge is 2.17. The first-order valence-corrected chi connectivity index (χ1v) is 10.8. The summed E-state index contributed by atoms with van der Waals surface area (Å²) in [6.07, 6.45) is 1.62. The van der Waals surface area contributed by atoms with Crippen LogP contribution in [0.15, 0.2) is 40.8 Å². The Bertz CT molecular complexity index is 1230. The number of allylic oxidation sites excluding steroid dienone is 1.